The molecule has 160 valence electrons. The van der Waals surface area contributed by atoms with Crippen molar-refractivity contribution in [3.05, 3.63) is 34.3 Å². The highest BCUT2D eigenvalue weighted by Gasteiger charge is 2.45. The van der Waals surface area contributed by atoms with Crippen molar-refractivity contribution in [1.82, 2.24) is 9.80 Å². The van der Waals surface area contributed by atoms with Gasteiger partial charge in [0.25, 0.3) is 0 Å². The van der Waals surface area contributed by atoms with Crippen LogP contribution in [0.2, 0.25) is 0 Å². The summed E-state index contributed by atoms with van der Waals surface area (Å²) in [5.41, 5.74) is 0.0340. The van der Waals surface area contributed by atoms with Crippen LogP contribution in [-0.4, -0.2) is 58.6 Å². The standard InChI is InChI=1S/C24H35BrN2O2/c25-20-9-7-8-19(18-20)22(24(29)12-3-1-4-13-24)23(28)27-16-10-21(11-17-27)26-14-5-2-6-15-26/h7-9,18,21-22,29H,1-6,10-17H2. The fourth-order valence-corrected chi connectivity index (χ4v) is 6.16. The van der Waals surface area contributed by atoms with Crippen molar-refractivity contribution in [2.75, 3.05) is 26.2 Å². The van der Waals surface area contributed by atoms with Crippen LogP contribution < -0.4 is 0 Å². The Hall–Kier alpha value is -0.910. The number of nitrogens with zero attached hydrogens (tertiary/aromatic N) is 2. The van der Waals surface area contributed by atoms with Gasteiger partial charge in [-0.05, 0) is 69.3 Å². The Morgan fingerprint density at radius 2 is 1.66 bits per heavy atom. The molecular formula is C24H35BrN2O2. The predicted octanol–water partition coefficient (Wildman–Crippen LogP) is 4.70. The van der Waals surface area contributed by atoms with Crippen LogP contribution in [0, 0.1) is 0 Å². The summed E-state index contributed by atoms with van der Waals surface area (Å²) in [5.74, 6) is -0.323. The molecule has 1 aliphatic carbocycles. The van der Waals surface area contributed by atoms with E-state index in [2.05, 4.69) is 20.8 Å². The van der Waals surface area contributed by atoms with E-state index in [9.17, 15) is 9.90 Å². The first-order valence-electron chi connectivity index (χ1n) is 11.6. The average molecular weight is 463 g/mol. The van der Waals surface area contributed by atoms with E-state index < -0.39 is 11.5 Å². The smallest absolute Gasteiger partial charge is 0.233 e. The minimum Gasteiger partial charge on any atom is -0.389 e. The molecule has 2 heterocycles. The molecule has 1 N–H and O–H groups in total. The van der Waals surface area contributed by atoms with Gasteiger partial charge in [0.05, 0.1) is 11.5 Å². The van der Waals surface area contributed by atoms with E-state index >= 15 is 0 Å². The summed E-state index contributed by atoms with van der Waals surface area (Å²) in [6.45, 7) is 4.08. The molecule has 1 unspecified atom stereocenters. The maximum absolute atomic E-state index is 13.7. The number of benzene rings is 1. The second kappa shape index (κ2) is 9.49. The fourth-order valence-electron chi connectivity index (χ4n) is 5.74. The molecule has 0 radical (unpaired) electrons. The van der Waals surface area contributed by atoms with Gasteiger partial charge >= 0.3 is 0 Å². The van der Waals surface area contributed by atoms with Gasteiger partial charge in [-0.2, -0.15) is 0 Å². The third kappa shape index (κ3) is 4.88. The molecule has 0 spiro atoms. The van der Waals surface area contributed by atoms with Crippen LogP contribution in [0.4, 0.5) is 0 Å². The van der Waals surface area contributed by atoms with Crippen molar-refractivity contribution in [3.8, 4) is 0 Å². The number of amides is 1. The lowest BCUT2D eigenvalue weighted by atomic mass is 9.72. The van der Waals surface area contributed by atoms with Crippen LogP contribution in [-0.2, 0) is 4.79 Å². The first kappa shape index (κ1) is 21.3. The molecule has 1 saturated carbocycles. The number of carbonyl (C=O) groups is 1. The summed E-state index contributed by atoms with van der Waals surface area (Å²) in [6, 6.07) is 8.63. The Labute approximate surface area is 183 Å². The number of piperidine rings is 2. The first-order valence-corrected chi connectivity index (χ1v) is 12.4. The number of carbonyl (C=O) groups excluding carboxylic acids is 1. The van der Waals surface area contributed by atoms with E-state index in [0.717, 1.165) is 68.1 Å². The maximum atomic E-state index is 13.7. The summed E-state index contributed by atoms with van der Waals surface area (Å²) < 4.78 is 0.969. The number of hydrogen-bond acceptors (Lipinski definition) is 3. The molecule has 1 aromatic carbocycles. The molecule has 2 saturated heterocycles. The summed E-state index contributed by atoms with van der Waals surface area (Å²) in [6.07, 6.45) is 10.7. The first-order chi connectivity index (χ1) is 14.1. The predicted molar refractivity (Wildman–Crippen MR) is 120 cm³/mol. The molecule has 1 aromatic rings. The highest BCUT2D eigenvalue weighted by Crippen LogP contribution is 2.42. The van der Waals surface area contributed by atoms with Crippen molar-refractivity contribution < 1.29 is 9.90 Å². The zero-order valence-electron chi connectivity index (χ0n) is 17.5. The molecular weight excluding hydrogens is 428 g/mol. The van der Waals surface area contributed by atoms with Crippen LogP contribution in [0.15, 0.2) is 28.7 Å². The monoisotopic (exact) mass is 462 g/mol. The minimum atomic E-state index is -0.917. The van der Waals surface area contributed by atoms with Gasteiger partial charge in [0.2, 0.25) is 5.91 Å². The largest absolute Gasteiger partial charge is 0.389 e. The number of rotatable bonds is 4. The van der Waals surface area contributed by atoms with Gasteiger partial charge in [0.1, 0.15) is 0 Å². The molecule has 0 aromatic heterocycles. The van der Waals surface area contributed by atoms with Crippen LogP contribution in [0.1, 0.15) is 75.7 Å². The summed E-state index contributed by atoms with van der Waals surface area (Å²) in [4.78, 5) is 18.4. The molecule has 1 atom stereocenters. The number of aliphatic hydroxyl groups is 1. The lowest BCUT2D eigenvalue weighted by Gasteiger charge is -2.44. The summed E-state index contributed by atoms with van der Waals surface area (Å²) in [5, 5.41) is 11.6. The van der Waals surface area contributed by atoms with E-state index in [1.54, 1.807) is 0 Å². The Balaban J connectivity index is 1.49. The highest BCUT2D eigenvalue weighted by atomic mass is 79.9. The second-order valence-corrected chi connectivity index (χ2v) is 10.2. The van der Waals surface area contributed by atoms with Gasteiger partial charge < -0.3 is 14.9 Å². The number of likely N-dealkylation sites (tertiary alicyclic amines) is 2. The Bertz CT molecular complexity index is 690. The van der Waals surface area contributed by atoms with E-state index in [4.69, 9.17) is 0 Å². The fraction of sp³-hybridized carbons (Fsp3) is 0.708. The van der Waals surface area contributed by atoms with E-state index in [1.165, 1.54) is 32.4 Å². The quantitative estimate of drug-likeness (QED) is 0.704. The number of hydrogen-bond donors (Lipinski definition) is 1. The Kier molecular flexibility index (Phi) is 6.98. The maximum Gasteiger partial charge on any atom is 0.233 e. The molecule has 3 fully saturated rings. The van der Waals surface area contributed by atoms with Crippen molar-refractivity contribution in [2.45, 2.75) is 81.8 Å². The van der Waals surface area contributed by atoms with Gasteiger partial charge in [-0.1, -0.05) is 53.7 Å². The third-order valence-corrected chi connectivity index (χ3v) is 7.86. The molecule has 3 aliphatic rings. The minimum absolute atomic E-state index is 0.129. The van der Waals surface area contributed by atoms with E-state index in [0.29, 0.717) is 6.04 Å². The SMILES string of the molecule is O=C(C(c1cccc(Br)c1)C1(O)CCCCC1)N1CCC(N2CCCCC2)CC1. The zero-order chi connectivity index (χ0) is 20.3. The van der Waals surface area contributed by atoms with Gasteiger partial charge in [-0.25, -0.2) is 0 Å². The van der Waals surface area contributed by atoms with Gasteiger partial charge in [-0.15, -0.1) is 0 Å². The van der Waals surface area contributed by atoms with Crippen LogP contribution in [0.3, 0.4) is 0 Å². The average Bonchev–Trinajstić information content (AvgIpc) is 2.75. The normalized spacial score (nSPS) is 25.0. The lowest BCUT2D eigenvalue weighted by molar-refractivity contribution is -0.143. The molecule has 4 rings (SSSR count). The van der Waals surface area contributed by atoms with E-state index in [-0.39, 0.29) is 5.91 Å². The topological polar surface area (TPSA) is 43.8 Å². The molecule has 5 heteroatoms. The van der Waals surface area contributed by atoms with Crippen molar-refractivity contribution in [3.63, 3.8) is 0 Å². The molecule has 0 bridgehead atoms. The van der Waals surface area contributed by atoms with Crippen LogP contribution in [0.5, 0.6) is 0 Å². The summed E-state index contributed by atoms with van der Waals surface area (Å²) in [7, 11) is 0. The third-order valence-electron chi connectivity index (χ3n) is 7.37. The van der Waals surface area contributed by atoms with Crippen molar-refractivity contribution in [2.24, 2.45) is 0 Å². The Morgan fingerprint density at radius 1 is 1.00 bits per heavy atom. The second-order valence-electron chi connectivity index (χ2n) is 9.31. The Morgan fingerprint density at radius 3 is 2.31 bits per heavy atom. The molecule has 4 nitrogen and oxygen atoms in total. The summed E-state index contributed by atoms with van der Waals surface area (Å²) >= 11 is 3.56. The highest BCUT2D eigenvalue weighted by molar-refractivity contribution is 9.10. The number of halogens is 1. The molecule has 2 aliphatic heterocycles. The van der Waals surface area contributed by atoms with Crippen LogP contribution in [0.25, 0.3) is 0 Å². The van der Waals surface area contributed by atoms with Crippen molar-refractivity contribution >= 4 is 21.8 Å². The zero-order valence-corrected chi connectivity index (χ0v) is 19.1. The molecule has 1 amide bonds. The van der Waals surface area contributed by atoms with Crippen molar-refractivity contribution in [1.29, 1.82) is 0 Å². The lowest BCUT2D eigenvalue weighted by Crippen LogP contribution is -2.52. The van der Waals surface area contributed by atoms with Gasteiger partial charge in [0, 0.05) is 23.6 Å². The van der Waals surface area contributed by atoms with Gasteiger partial charge in [-0.3, -0.25) is 4.79 Å². The van der Waals surface area contributed by atoms with E-state index in [1.807, 2.05) is 29.2 Å². The molecule has 29 heavy (non-hydrogen) atoms. The van der Waals surface area contributed by atoms with Crippen LogP contribution >= 0.6 is 15.9 Å². The van der Waals surface area contributed by atoms with Gasteiger partial charge in [0.15, 0.2) is 0 Å².